The summed E-state index contributed by atoms with van der Waals surface area (Å²) >= 11 is 5.54. The van der Waals surface area contributed by atoms with Crippen LogP contribution < -0.4 is 0 Å². The zero-order valence-corrected chi connectivity index (χ0v) is 9.94. The van der Waals surface area contributed by atoms with E-state index in [2.05, 4.69) is 4.74 Å². The Morgan fingerprint density at radius 3 is 2.35 bits per heavy atom. The number of halogens is 1. The first-order valence-corrected chi connectivity index (χ1v) is 5.32. The van der Waals surface area contributed by atoms with E-state index < -0.39 is 23.6 Å². The Morgan fingerprint density at radius 2 is 1.82 bits per heavy atom. The van der Waals surface area contributed by atoms with Gasteiger partial charge in [0.25, 0.3) is 0 Å². The number of rotatable bonds is 5. The van der Waals surface area contributed by atoms with Gasteiger partial charge in [-0.05, 0) is 0 Å². The summed E-state index contributed by atoms with van der Waals surface area (Å²) in [5.74, 6) is -1.88. The van der Waals surface area contributed by atoms with E-state index in [0.29, 0.717) is 5.56 Å². The quantitative estimate of drug-likeness (QED) is 0.347. The standard InChI is InChI=1S/C12H11ClO4/c1-17-12(16)11(13)10(15)7-9(14)8-5-3-2-4-6-8/h2-6,11H,7H2,1H3. The van der Waals surface area contributed by atoms with Crippen LogP contribution in [-0.2, 0) is 14.3 Å². The van der Waals surface area contributed by atoms with Crippen molar-refractivity contribution < 1.29 is 19.1 Å². The van der Waals surface area contributed by atoms with Crippen molar-refractivity contribution in [3.63, 3.8) is 0 Å². The lowest BCUT2D eigenvalue weighted by Crippen LogP contribution is -2.27. The highest BCUT2D eigenvalue weighted by molar-refractivity contribution is 6.42. The summed E-state index contributed by atoms with van der Waals surface area (Å²) in [4.78, 5) is 34.1. The maximum Gasteiger partial charge on any atom is 0.331 e. The smallest absolute Gasteiger partial charge is 0.331 e. The number of ketones is 2. The van der Waals surface area contributed by atoms with Crippen LogP contribution >= 0.6 is 11.6 Å². The van der Waals surface area contributed by atoms with Gasteiger partial charge in [0.05, 0.1) is 13.5 Å². The second kappa shape index (κ2) is 6.15. The van der Waals surface area contributed by atoms with E-state index >= 15 is 0 Å². The first-order valence-electron chi connectivity index (χ1n) is 4.89. The molecule has 1 unspecified atom stereocenters. The van der Waals surface area contributed by atoms with Crippen molar-refractivity contribution in [3.8, 4) is 0 Å². The van der Waals surface area contributed by atoms with Gasteiger partial charge in [-0.15, -0.1) is 11.6 Å². The molecule has 0 aliphatic carbocycles. The predicted molar refractivity (Wildman–Crippen MR) is 62.1 cm³/mol. The number of Topliss-reactive ketones (excluding diaryl/α,β-unsaturated/α-hetero) is 2. The van der Waals surface area contributed by atoms with E-state index in [1.807, 2.05) is 0 Å². The number of benzene rings is 1. The lowest BCUT2D eigenvalue weighted by molar-refractivity contribution is -0.142. The number of carbonyl (C=O) groups excluding carboxylic acids is 3. The average Bonchev–Trinajstić information content (AvgIpc) is 2.37. The molecule has 0 aromatic heterocycles. The third-order valence-electron chi connectivity index (χ3n) is 2.12. The number of ether oxygens (including phenoxy) is 1. The molecule has 0 fully saturated rings. The third-order valence-corrected chi connectivity index (χ3v) is 2.54. The number of carbonyl (C=O) groups is 3. The largest absolute Gasteiger partial charge is 0.468 e. The molecule has 0 N–H and O–H groups in total. The van der Waals surface area contributed by atoms with Crippen LogP contribution in [0.5, 0.6) is 0 Å². The van der Waals surface area contributed by atoms with E-state index in [4.69, 9.17) is 11.6 Å². The van der Waals surface area contributed by atoms with Gasteiger partial charge in [0.2, 0.25) is 0 Å². The lowest BCUT2D eigenvalue weighted by Gasteiger charge is -2.05. The molecule has 0 heterocycles. The van der Waals surface area contributed by atoms with Gasteiger partial charge in [-0.25, -0.2) is 4.79 Å². The molecule has 0 radical (unpaired) electrons. The van der Waals surface area contributed by atoms with Gasteiger partial charge in [-0.1, -0.05) is 30.3 Å². The molecule has 1 aromatic rings. The van der Waals surface area contributed by atoms with Crippen molar-refractivity contribution >= 4 is 29.1 Å². The van der Waals surface area contributed by atoms with E-state index in [9.17, 15) is 14.4 Å². The maximum atomic E-state index is 11.6. The van der Waals surface area contributed by atoms with Crippen molar-refractivity contribution in [2.45, 2.75) is 11.8 Å². The van der Waals surface area contributed by atoms with E-state index in [1.54, 1.807) is 30.3 Å². The van der Waals surface area contributed by atoms with Crippen LogP contribution in [0.4, 0.5) is 0 Å². The fourth-order valence-electron chi connectivity index (χ4n) is 1.21. The summed E-state index contributed by atoms with van der Waals surface area (Å²) in [6.45, 7) is 0. The Kier molecular flexibility index (Phi) is 4.84. The number of esters is 1. The molecule has 5 heteroatoms. The molecule has 90 valence electrons. The minimum atomic E-state index is -1.42. The molecule has 0 saturated heterocycles. The van der Waals surface area contributed by atoms with Gasteiger partial charge in [0, 0.05) is 5.56 Å². The Labute approximate surface area is 104 Å². The number of hydrogen-bond donors (Lipinski definition) is 0. The molecule has 0 spiro atoms. The van der Waals surface area contributed by atoms with Crippen LogP contribution in [0, 0.1) is 0 Å². The van der Waals surface area contributed by atoms with Crippen molar-refractivity contribution in [3.05, 3.63) is 35.9 Å². The van der Waals surface area contributed by atoms with Crippen LogP contribution in [0.15, 0.2) is 30.3 Å². The van der Waals surface area contributed by atoms with Gasteiger partial charge in [0.15, 0.2) is 16.9 Å². The number of alkyl halides is 1. The van der Waals surface area contributed by atoms with Gasteiger partial charge >= 0.3 is 5.97 Å². The molecule has 0 amide bonds. The molecule has 4 nitrogen and oxygen atoms in total. The summed E-state index contributed by atoms with van der Waals surface area (Å²) in [5.41, 5.74) is 0.412. The van der Waals surface area contributed by atoms with E-state index in [1.165, 1.54) is 0 Å². The number of methoxy groups -OCH3 is 1. The zero-order chi connectivity index (χ0) is 12.8. The van der Waals surface area contributed by atoms with Crippen molar-refractivity contribution in [1.29, 1.82) is 0 Å². The molecule has 0 aliphatic rings. The minimum Gasteiger partial charge on any atom is -0.468 e. The minimum absolute atomic E-state index is 0.370. The summed E-state index contributed by atoms with van der Waals surface area (Å²) in [6.07, 6.45) is -0.409. The Balaban J connectivity index is 2.64. The average molecular weight is 255 g/mol. The SMILES string of the molecule is COC(=O)C(Cl)C(=O)CC(=O)c1ccccc1. The molecule has 0 aliphatic heterocycles. The first kappa shape index (κ1) is 13.4. The highest BCUT2D eigenvalue weighted by Crippen LogP contribution is 2.08. The van der Waals surface area contributed by atoms with Gasteiger partial charge < -0.3 is 4.74 Å². The highest BCUT2D eigenvalue weighted by atomic mass is 35.5. The van der Waals surface area contributed by atoms with Crippen molar-refractivity contribution in [2.75, 3.05) is 7.11 Å². The molecule has 17 heavy (non-hydrogen) atoms. The first-order chi connectivity index (χ1) is 8.06. The van der Waals surface area contributed by atoms with Crippen molar-refractivity contribution in [1.82, 2.24) is 0 Å². The Hall–Kier alpha value is -1.68. The van der Waals surface area contributed by atoms with Crippen LogP contribution in [0.1, 0.15) is 16.8 Å². The molecule has 0 bridgehead atoms. The van der Waals surface area contributed by atoms with Gasteiger partial charge in [0.1, 0.15) is 0 Å². The van der Waals surface area contributed by atoms with Crippen LogP contribution in [0.2, 0.25) is 0 Å². The normalized spacial score (nSPS) is 11.6. The Bertz CT molecular complexity index is 427. The monoisotopic (exact) mass is 254 g/mol. The maximum absolute atomic E-state index is 11.6. The molecule has 0 saturated carbocycles. The number of hydrogen-bond acceptors (Lipinski definition) is 4. The zero-order valence-electron chi connectivity index (χ0n) is 9.18. The fraction of sp³-hybridized carbons (Fsp3) is 0.250. The molecular formula is C12H11ClO4. The molecule has 1 aromatic carbocycles. The topological polar surface area (TPSA) is 60.4 Å². The summed E-state index contributed by atoms with van der Waals surface area (Å²) in [5, 5.41) is -1.42. The molecular weight excluding hydrogens is 244 g/mol. The summed E-state index contributed by atoms with van der Waals surface area (Å²) in [7, 11) is 1.13. The second-order valence-electron chi connectivity index (χ2n) is 3.32. The fourth-order valence-corrected chi connectivity index (χ4v) is 1.38. The third kappa shape index (κ3) is 3.67. The lowest BCUT2D eigenvalue weighted by atomic mass is 10.0. The van der Waals surface area contributed by atoms with Crippen LogP contribution in [0.3, 0.4) is 0 Å². The van der Waals surface area contributed by atoms with Crippen LogP contribution in [-0.4, -0.2) is 30.0 Å². The van der Waals surface area contributed by atoms with Crippen molar-refractivity contribution in [2.24, 2.45) is 0 Å². The van der Waals surface area contributed by atoms with Gasteiger partial charge in [-0.3, -0.25) is 9.59 Å². The summed E-state index contributed by atoms with van der Waals surface area (Å²) < 4.78 is 4.32. The predicted octanol–water partition coefficient (Wildman–Crippen LogP) is 1.61. The summed E-state index contributed by atoms with van der Waals surface area (Å²) in [6, 6.07) is 8.33. The highest BCUT2D eigenvalue weighted by Gasteiger charge is 2.26. The molecule has 1 rings (SSSR count). The van der Waals surface area contributed by atoms with E-state index in [0.717, 1.165) is 7.11 Å². The Morgan fingerprint density at radius 1 is 1.24 bits per heavy atom. The van der Waals surface area contributed by atoms with Crippen LogP contribution in [0.25, 0.3) is 0 Å². The van der Waals surface area contributed by atoms with E-state index in [-0.39, 0.29) is 5.78 Å². The van der Waals surface area contributed by atoms with Gasteiger partial charge in [-0.2, -0.15) is 0 Å². The second-order valence-corrected chi connectivity index (χ2v) is 3.75. The molecule has 1 atom stereocenters.